The molecule has 1 heterocycles. The van der Waals surface area contributed by atoms with Gasteiger partial charge >= 0.3 is 0 Å². The van der Waals surface area contributed by atoms with Crippen LogP contribution in [0.2, 0.25) is 5.02 Å². The molecule has 11 heteroatoms. The van der Waals surface area contributed by atoms with Gasteiger partial charge in [0.2, 0.25) is 21.8 Å². The van der Waals surface area contributed by atoms with E-state index >= 15 is 0 Å². The number of nitrogens with one attached hydrogen (secondary N) is 1. The van der Waals surface area contributed by atoms with Crippen LogP contribution in [0.5, 0.6) is 11.5 Å². The Morgan fingerprint density at radius 2 is 1.79 bits per heavy atom. The van der Waals surface area contributed by atoms with Crippen LogP contribution >= 0.6 is 11.6 Å². The molecule has 2 amide bonds. The summed E-state index contributed by atoms with van der Waals surface area (Å²) in [5.41, 5.74) is 1.25. The van der Waals surface area contributed by atoms with E-state index in [2.05, 4.69) is 5.32 Å². The Bertz CT molecular complexity index is 1280. The molecule has 1 aliphatic carbocycles. The van der Waals surface area contributed by atoms with Crippen LogP contribution < -0.4 is 19.1 Å². The molecule has 0 saturated heterocycles. The fraction of sp³-hybridized carbons (Fsp3) is 0.500. The lowest BCUT2D eigenvalue weighted by Crippen LogP contribution is -2.49. The van der Waals surface area contributed by atoms with Crippen LogP contribution in [0.25, 0.3) is 0 Å². The average molecular weight is 578 g/mol. The topological polar surface area (TPSA) is 105 Å². The second kappa shape index (κ2) is 12.9. The predicted octanol–water partition coefficient (Wildman–Crippen LogP) is 4.13. The number of hydrogen-bond donors (Lipinski definition) is 1. The number of anilines is 1. The van der Waals surface area contributed by atoms with Crippen LogP contribution in [0, 0.1) is 0 Å². The molecule has 1 unspecified atom stereocenters. The molecule has 1 aliphatic heterocycles. The summed E-state index contributed by atoms with van der Waals surface area (Å²) in [6.07, 6.45) is 5.53. The second-order valence-corrected chi connectivity index (χ2v) is 12.4. The summed E-state index contributed by atoms with van der Waals surface area (Å²) in [5, 5.41) is 3.63. The van der Waals surface area contributed by atoms with Gasteiger partial charge in [-0.05, 0) is 56.0 Å². The molecule has 39 heavy (non-hydrogen) atoms. The van der Waals surface area contributed by atoms with Crippen molar-refractivity contribution in [2.45, 2.75) is 64.1 Å². The molecule has 0 radical (unpaired) electrons. The highest BCUT2D eigenvalue weighted by Gasteiger charge is 2.29. The third-order valence-electron chi connectivity index (χ3n) is 7.08. The number of carbonyl (C=O) groups is 2. The first-order chi connectivity index (χ1) is 18.6. The molecule has 0 bridgehead atoms. The first-order valence-corrected chi connectivity index (χ1v) is 15.6. The summed E-state index contributed by atoms with van der Waals surface area (Å²) in [6, 6.07) is 11.6. The Morgan fingerprint density at radius 3 is 2.49 bits per heavy atom. The molecule has 1 N–H and O–H groups in total. The maximum absolute atomic E-state index is 13.5. The third-order valence-corrected chi connectivity index (χ3v) is 8.51. The summed E-state index contributed by atoms with van der Waals surface area (Å²) in [5.74, 6) is 0.624. The molecule has 0 aromatic heterocycles. The molecule has 4 rings (SSSR count). The number of ether oxygens (including phenoxy) is 2. The summed E-state index contributed by atoms with van der Waals surface area (Å²) in [4.78, 5) is 28.1. The second-order valence-electron chi connectivity index (χ2n) is 10.1. The number of amides is 2. The van der Waals surface area contributed by atoms with Crippen LogP contribution in [-0.4, -0.2) is 63.2 Å². The predicted molar refractivity (Wildman–Crippen MR) is 151 cm³/mol. The molecule has 2 aromatic carbocycles. The molecule has 1 saturated carbocycles. The van der Waals surface area contributed by atoms with E-state index in [-0.39, 0.29) is 43.8 Å². The lowest BCUT2D eigenvalue weighted by molar-refractivity contribution is -0.141. The highest BCUT2D eigenvalue weighted by atomic mass is 35.5. The maximum Gasteiger partial charge on any atom is 0.242 e. The summed E-state index contributed by atoms with van der Waals surface area (Å²) < 4.78 is 37.7. The van der Waals surface area contributed by atoms with E-state index in [4.69, 9.17) is 21.1 Å². The Labute approximate surface area is 235 Å². The van der Waals surface area contributed by atoms with Gasteiger partial charge in [-0.15, -0.1) is 0 Å². The van der Waals surface area contributed by atoms with Gasteiger partial charge in [-0.3, -0.25) is 13.9 Å². The van der Waals surface area contributed by atoms with E-state index in [9.17, 15) is 18.0 Å². The quantitative estimate of drug-likeness (QED) is 0.430. The minimum Gasteiger partial charge on any atom is -0.486 e. The van der Waals surface area contributed by atoms with Crippen LogP contribution in [0.3, 0.4) is 0 Å². The molecule has 212 valence electrons. The van der Waals surface area contributed by atoms with Crippen molar-refractivity contribution in [1.29, 1.82) is 0 Å². The summed E-state index contributed by atoms with van der Waals surface area (Å²) in [7, 11) is -3.63. The van der Waals surface area contributed by atoms with Gasteiger partial charge < -0.3 is 19.7 Å². The van der Waals surface area contributed by atoms with Crippen molar-refractivity contribution in [3.8, 4) is 11.5 Å². The van der Waals surface area contributed by atoms with Crippen LogP contribution in [0.15, 0.2) is 42.5 Å². The zero-order valence-corrected chi connectivity index (χ0v) is 24.0. The number of nitrogens with zero attached hydrogens (tertiary/aromatic N) is 2. The first-order valence-electron chi connectivity index (χ1n) is 13.3. The number of halogens is 1. The molecule has 0 spiro atoms. The SMILES string of the molecule is CC(C(=O)NC1CCCC1)N(Cc1cccc(Cl)c1)C(=O)CCCN(c1ccc2c(c1)OCCO2)S(C)(=O)=O. The van der Waals surface area contributed by atoms with Gasteiger partial charge in [0.1, 0.15) is 19.3 Å². The fourth-order valence-corrected chi connectivity index (χ4v) is 6.17. The standard InChI is InChI=1S/C28H36ClN3O6S/c1-20(28(34)30-23-9-3-4-10-23)31(19-21-7-5-8-22(29)17-21)27(33)11-6-14-32(39(2,35)36)24-12-13-25-26(18-24)38-16-15-37-25/h5,7-8,12-13,17-18,20,23H,3-4,6,9-11,14-16,19H2,1-2H3,(H,30,34). The zero-order chi connectivity index (χ0) is 28.0. The molecule has 2 aliphatic rings. The third kappa shape index (κ3) is 7.79. The van der Waals surface area contributed by atoms with Crippen molar-refractivity contribution in [2.24, 2.45) is 0 Å². The fourth-order valence-electron chi connectivity index (χ4n) is 5.00. The lowest BCUT2D eigenvalue weighted by Gasteiger charge is -2.30. The normalized spacial score (nSPS) is 16.0. The molecule has 1 atom stereocenters. The van der Waals surface area contributed by atoms with E-state index in [0.717, 1.165) is 37.5 Å². The lowest BCUT2D eigenvalue weighted by atomic mass is 10.1. The van der Waals surface area contributed by atoms with E-state index in [1.54, 1.807) is 48.2 Å². The van der Waals surface area contributed by atoms with E-state index < -0.39 is 16.1 Å². The Hall–Kier alpha value is -2.98. The van der Waals surface area contributed by atoms with Crippen molar-refractivity contribution in [1.82, 2.24) is 10.2 Å². The van der Waals surface area contributed by atoms with Crippen molar-refractivity contribution in [2.75, 3.05) is 30.3 Å². The molecule has 1 fully saturated rings. The smallest absolute Gasteiger partial charge is 0.242 e. The minimum atomic E-state index is -3.63. The molecule has 2 aromatic rings. The largest absolute Gasteiger partial charge is 0.486 e. The van der Waals surface area contributed by atoms with Gasteiger partial charge in [0.15, 0.2) is 11.5 Å². The highest BCUT2D eigenvalue weighted by Crippen LogP contribution is 2.34. The minimum absolute atomic E-state index is 0.0676. The van der Waals surface area contributed by atoms with Gasteiger partial charge in [-0.25, -0.2) is 8.42 Å². The van der Waals surface area contributed by atoms with Crippen molar-refractivity contribution in [3.63, 3.8) is 0 Å². The Morgan fingerprint density at radius 1 is 1.08 bits per heavy atom. The van der Waals surface area contributed by atoms with Crippen molar-refractivity contribution in [3.05, 3.63) is 53.1 Å². The number of carbonyl (C=O) groups excluding carboxylic acids is 2. The first kappa shape index (κ1) is 29.0. The number of benzene rings is 2. The highest BCUT2D eigenvalue weighted by molar-refractivity contribution is 7.92. The van der Waals surface area contributed by atoms with Gasteiger partial charge in [-0.1, -0.05) is 36.6 Å². The van der Waals surface area contributed by atoms with Crippen LogP contribution in [0.1, 0.15) is 51.0 Å². The zero-order valence-electron chi connectivity index (χ0n) is 22.4. The molecular weight excluding hydrogens is 542 g/mol. The van der Waals surface area contributed by atoms with E-state index in [1.165, 1.54) is 4.31 Å². The molecular formula is C28H36ClN3O6S. The van der Waals surface area contributed by atoms with Gasteiger partial charge in [0.05, 0.1) is 11.9 Å². The van der Waals surface area contributed by atoms with Crippen LogP contribution in [-0.2, 0) is 26.2 Å². The van der Waals surface area contributed by atoms with Gasteiger partial charge in [0.25, 0.3) is 0 Å². The van der Waals surface area contributed by atoms with Gasteiger partial charge in [0, 0.05) is 36.6 Å². The Kier molecular flexibility index (Phi) is 9.61. The summed E-state index contributed by atoms with van der Waals surface area (Å²) in [6.45, 7) is 2.87. The van der Waals surface area contributed by atoms with Crippen molar-refractivity contribution < 1.29 is 27.5 Å². The van der Waals surface area contributed by atoms with Crippen molar-refractivity contribution >= 4 is 39.1 Å². The summed E-state index contributed by atoms with van der Waals surface area (Å²) >= 11 is 6.17. The monoisotopic (exact) mass is 577 g/mol. The Balaban J connectivity index is 1.45. The van der Waals surface area contributed by atoms with E-state index in [1.807, 2.05) is 6.07 Å². The van der Waals surface area contributed by atoms with Crippen LogP contribution in [0.4, 0.5) is 5.69 Å². The number of fused-ring (bicyclic) bond motifs is 1. The maximum atomic E-state index is 13.5. The number of sulfonamides is 1. The van der Waals surface area contributed by atoms with E-state index in [0.29, 0.717) is 35.4 Å². The molecule has 9 nitrogen and oxygen atoms in total. The average Bonchev–Trinajstić information content (AvgIpc) is 3.41. The number of hydrogen-bond acceptors (Lipinski definition) is 6. The number of rotatable bonds is 11. The van der Waals surface area contributed by atoms with Gasteiger partial charge in [-0.2, -0.15) is 0 Å².